The zero-order valence-electron chi connectivity index (χ0n) is 12.4. The molecule has 8 heteroatoms. The molecule has 0 aromatic rings. The summed E-state index contributed by atoms with van der Waals surface area (Å²) in [6, 6.07) is -0.953. The Morgan fingerprint density at radius 2 is 1.70 bits per heavy atom. The minimum Gasteiger partial charge on any atom is -0.394 e. The van der Waals surface area contributed by atoms with Crippen LogP contribution in [0.4, 0.5) is 0 Å². The number of aliphatic hydroxyl groups excluding tert-OH is 4. The topological polar surface area (TPSA) is 122 Å². The lowest BCUT2D eigenvalue weighted by Crippen LogP contribution is -2.67. The molecule has 0 amide bonds. The lowest BCUT2D eigenvalue weighted by molar-refractivity contribution is -0.946. The molecule has 20 heavy (non-hydrogen) atoms. The molecule has 1 rings (SSSR count). The number of nitrogens with zero attached hydrogens (tertiary/aromatic N) is 1. The Labute approximate surface area is 118 Å². The molecule has 0 aliphatic carbocycles. The molecule has 0 aromatic heterocycles. The molecule has 8 nitrogen and oxygen atoms in total. The van der Waals surface area contributed by atoms with E-state index in [0.29, 0.717) is 0 Å². The Bertz CT molecular complexity index is 320. The average Bonchev–Trinajstić information content (AvgIpc) is 2.32. The number of likely N-dealkylation sites (N-methyl/N-ethyl adjacent to an activating group) is 1. The molecule has 1 heterocycles. The van der Waals surface area contributed by atoms with Crippen molar-refractivity contribution in [1.82, 2.24) is 5.32 Å². The normalized spacial score (nSPS) is 38.5. The molecule has 6 atom stereocenters. The molecule has 1 saturated heterocycles. The summed E-state index contributed by atoms with van der Waals surface area (Å²) in [5.74, 6) is 0. The van der Waals surface area contributed by atoms with E-state index in [1.165, 1.54) is 0 Å². The predicted octanol–water partition coefficient (Wildman–Crippen LogP) is -3.21. The zero-order valence-corrected chi connectivity index (χ0v) is 12.4. The van der Waals surface area contributed by atoms with Gasteiger partial charge in [0.25, 0.3) is 0 Å². The van der Waals surface area contributed by atoms with E-state index in [2.05, 4.69) is 5.32 Å². The van der Waals surface area contributed by atoms with E-state index in [4.69, 9.17) is 9.84 Å². The van der Waals surface area contributed by atoms with Crippen LogP contribution >= 0.6 is 0 Å². The second kappa shape index (κ2) is 6.20. The number of aliphatic hydroxyl groups is 5. The van der Waals surface area contributed by atoms with Gasteiger partial charge in [-0.05, 0) is 0 Å². The monoisotopic (exact) mass is 295 g/mol. The van der Waals surface area contributed by atoms with Crippen molar-refractivity contribution < 1.29 is 34.8 Å². The molecular weight excluding hydrogens is 268 g/mol. The summed E-state index contributed by atoms with van der Waals surface area (Å²) < 4.78 is 5.28. The fourth-order valence-corrected chi connectivity index (χ4v) is 1.87. The summed E-state index contributed by atoms with van der Waals surface area (Å²) in [6.07, 6.45) is -5.03. The smallest absolute Gasteiger partial charge is 0.209 e. The van der Waals surface area contributed by atoms with E-state index in [-0.39, 0.29) is 11.0 Å². The Kier molecular flexibility index (Phi) is 5.50. The van der Waals surface area contributed by atoms with Gasteiger partial charge in [0.05, 0.1) is 40.3 Å². The van der Waals surface area contributed by atoms with Crippen LogP contribution in [0.2, 0.25) is 0 Å². The highest BCUT2D eigenvalue weighted by Gasteiger charge is 2.45. The van der Waals surface area contributed by atoms with Gasteiger partial charge in [-0.3, -0.25) is 5.32 Å². The van der Waals surface area contributed by atoms with Gasteiger partial charge in [0.2, 0.25) is 5.72 Å². The van der Waals surface area contributed by atoms with Crippen LogP contribution in [0.1, 0.15) is 6.92 Å². The highest BCUT2D eigenvalue weighted by Crippen LogP contribution is 2.21. The number of ether oxygens (including phenoxy) is 1. The van der Waals surface area contributed by atoms with E-state index in [1.54, 1.807) is 6.92 Å². The first-order chi connectivity index (χ1) is 9.01. The Hall–Kier alpha value is -0.320. The minimum atomic E-state index is -1.38. The van der Waals surface area contributed by atoms with Crippen LogP contribution in [0.3, 0.4) is 0 Å². The van der Waals surface area contributed by atoms with Gasteiger partial charge in [-0.25, -0.2) is 0 Å². The van der Waals surface area contributed by atoms with Crippen LogP contribution < -0.4 is 5.32 Å². The van der Waals surface area contributed by atoms with Crippen LogP contribution in [0.5, 0.6) is 0 Å². The maximum Gasteiger partial charge on any atom is 0.209 e. The van der Waals surface area contributed by atoms with Crippen molar-refractivity contribution in [3.63, 3.8) is 0 Å². The number of quaternary nitrogens is 1. The van der Waals surface area contributed by atoms with Crippen molar-refractivity contribution in [2.24, 2.45) is 0 Å². The third-order valence-electron chi connectivity index (χ3n) is 4.02. The molecule has 0 aromatic carbocycles. The van der Waals surface area contributed by atoms with Gasteiger partial charge < -0.3 is 34.8 Å². The summed E-state index contributed by atoms with van der Waals surface area (Å²) in [4.78, 5) is 0. The quantitative estimate of drug-likeness (QED) is 0.233. The lowest BCUT2D eigenvalue weighted by Gasteiger charge is -2.44. The number of rotatable bonds is 5. The summed E-state index contributed by atoms with van der Waals surface area (Å²) in [6.45, 7) is 1.20. The highest BCUT2D eigenvalue weighted by molar-refractivity contribution is 4.93. The van der Waals surface area contributed by atoms with Gasteiger partial charge in [0.1, 0.15) is 18.3 Å². The Morgan fingerprint density at radius 3 is 2.15 bits per heavy atom. The van der Waals surface area contributed by atoms with Gasteiger partial charge in [0, 0.05) is 6.92 Å². The van der Waals surface area contributed by atoms with E-state index in [9.17, 15) is 20.4 Å². The first-order valence-electron chi connectivity index (χ1n) is 6.59. The molecule has 1 aliphatic rings. The third-order valence-corrected chi connectivity index (χ3v) is 4.02. The maximum absolute atomic E-state index is 10.3. The average molecular weight is 295 g/mol. The molecule has 120 valence electrons. The van der Waals surface area contributed by atoms with Crippen LogP contribution in [-0.2, 0) is 4.74 Å². The number of nitrogens with one attached hydrogen (secondary N) is 1. The van der Waals surface area contributed by atoms with E-state index in [1.807, 2.05) is 21.1 Å². The largest absolute Gasteiger partial charge is 0.394 e. The zero-order chi connectivity index (χ0) is 15.7. The molecule has 6 N–H and O–H groups in total. The minimum absolute atomic E-state index is 0.0785. The van der Waals surface area contributed by atoms with Crippen LogP contribution in [0.15, 0.2) is 0 Å². The first kappa shape index (κ1) is 17.7. The summed E-state index contributed by atoms with van der Waals surface area (Å²) in [5, 5.41) is 51.6. The van der Waals surface area contributed by atoms with Crippen molar-refractivity contribution in [2.45, 2.75) is 43.3 Å². The second-order valence-corrected chi connectivity index (χ2v) is 6.36. The van der Waals surface area contributed by atoms with E-state index >= 15 is 0 Å². The summed E-state index contributed by atoms with van der Waals surface area (Å²) in [7, 11) is 5.42. The van der Waals surface area contributed by atoms with Crippen molar-refractivity contribution in [1.29, 1.82) is 0 Å². The molecule has 1 aliphatic heterocycles. The Morgan fingerprint density at radius 1 is 1.15 bits per heavy atom. The van der Waals surface area contributed by atoms with Gasteiger partial charge in [-0.15, -0.1) is 0 Å². The Balaban J connectivity index is 2.68. The summed E-state index contributed by atoms with van der Waals surface area (Å²) in [5.41, 5.74) is -1.14. The van der Waals surface area contributed by atoms with Crippen molar-refractivity contribution >= 4 is 0 Å². The predicted molar refractivity (Wildman–Crippen MR) is 70.4 cm³/mol. The van der Waals surface area contributed by atoms with Crippen LogP contribution in [0, 0.1) is 0 Å². The SMILES string of the molecule is CC(O)(CNC1[C@H](O)OC(CO)[C@@H](O)[C@H]1O)[N+](C)(C)C. The van der Waals surface area contributed by atoms with E-state index in [0.717, 1.165) is 0 Å². The maximum atomic E-state index is 10.3. The van der Waals surface area contributed by atoms with Crippen molar-refractivity contribution in [3.8, 4) is 0 Å². The van der Waals surface area contributed by atoms with Gasteiger partial charge in [-0.1, -0.05) is 0 Å². The highest BCUT2D eigenvalue weighted by atomic mass is 16.6. The number of hydrogen-bond donors (Lipinski definition) is 6. The molecule has 0 bridgehead atoms. The molecule has 1 fully saturated rings. The van der Waals surface area contributed by atoms with Gasteiger partial charge in [-0.2, -0.15) is 0 Å². The molecule has 0 radical (unpaired) electrons. The molecule has 0 spiro atoms. The lowest BCUT2D eigenvalue weighted by atomic mass is 9.96. The fourth-order valence-electron chi connectivity index (χ4n) is 1.87. The van der Waals surface area contributed by atoms with Crippen molar-refractivity contribution in [2.75, 3.05) is 34.3 Å². The summed E-state index contributed by atoms with van der Waals surface area (Å²) >= 11 is 0. The van der Waals surface area contributed by atoms with Crippen molar-refractivity contribution in [3.05, 3.63) is 0 Å². The van der Waals surface area contributed by atoms with Crippen LogP contribution in [-0.4, -0.2) is 101 Å². The fraction of sp³-hybridized carbons (Fsp3) is 1.00. The van der Waals surface area contributed by atoms with Gasteiger partial charge in [0.15, 0.2) is 6.29 Å². The standard InChI is InChI=1S/C12H27N2O6/c1-12(19,14(2,3)4)6-13-8-10(17)9(16)7(5-15)20-11(8)18/h7-11,13,15-19H,5-6H2,1-4H3/q+1/t7?,8?,9-,10+,11-,12?/m1/s1. The number of hydrogen-bond acceptors (Lipinski definition) is 7. The first-order valence-corrected chi connectivity index (χ1v) is 6.59. The molecule has 3 unspecified atom stereocenters. The molecular formula is C12H27N2O6+. The second-order valence-electron chi connectivity index (χ2n) is 6.36. The van der Waals surface area contributed by atoms with E-state index < -0.39 is 43.0 Å². The van der Waals surface area contributed by atoms with Crippen LogP contribution in [0.25, 0.3) is 0 Å². The molecule has 0 saturated carbocycles. The third kappa shape index (κ3) is 3.66. The van der Waals surface area contributed by atoms with Gasteiger partial charge >= 0.3 is 0 Å².